The van der Waals surface area contributed by atoms with Gasteiger partial charge in [-0.3, -0.25) is 4.79 Å². The quantitative estimate of drug-likeness (QED) is 0.677. The minimum absolute atomic E-state index is 0.766. The van der Waals surface area contributed by atoms with Crippen molar-refractivity contribution in [2.75, 3.05) is 18.0 Å². The van der Waals surface area contributed by atoms with Crippen molar-refractivity contribution in [1.29, 1.82) is 0 Å². The van der Waals surface area contributed by atoms with Crippen molar-refractivity contribution in [3.05, 3.63) is 10.6 Å². The van der Waals surface area contributed by atoms with E-state index >= 15 is 0 Å². The van der Waals surface area contributed by atoms with Crippen LogP contribution >= 0.6 is 11.3 Å². The van der Waals surface area contributed by atoms with Gasteiger partial charge in [-0.2, -0.15) is 0 Å². The Hall–Kier alpha value is -0.900. The van der Waals surface area contributed by atoms with Crippen molar-refractivity contribution in [3.63, 3.8) is 0 Å². The van der Waals surface area contributed by atoms with E-state index in [1.807, 2.05) is 6.92 Å². The minimum atomic E-state index is 0.766. The SMILES string of the molecule is Cc1nc(N2CCCC2)sc1C=O. The second-order valence-electron chi connectivity index (χ2n) is 3.26. The van der Waals surface area contributed by atoms with Gasteiger partial charge in [-0.15, -0.1) is 0 Å². The van der Waals surface area contributed by atoms with E-state index in [2.05, 4.69) is 9.88 Å². The molecule has 0 N–H and O–H groups in total. The van der Waals surface area contributed by atoms with Gasteiger partial charge in [-0.1, -0.05) is 11.3 Å². The molecule has 3 nitrogen and oxygen atoms in total. The Morgan fingerprint density at radius 1 is 1.46 bits per heavy atom. The van der Waals surface area contributed by atoms with Crippen LogP contribution < -0.4 is 4.90 Å². The fourth-order valence-electron chi connectivity index (χ4n) is 1.55. The number of thiazole rings is 1. The van der Waals surface area contributed by atoms with Gasteiger partial charge in [0.05, 0.1) is 10.6 Å². The molecule has 0 radical (unpaired) electrons. The smallest absolute Gasteiger partial charge is 0.186 e. The van der Waals surface area contributed by atoms with Crippen molar-refractivity contribution >= 4 is 22.8 Å². The first-order chi connectivity index (χ1) is 6.31. The number of hydrogen-bond donors (Lipinski definition) is 0. The van der Waals surface area contributed by atoms with Gasteiger partial charge in [0.25, 0.3) is 0 Å². The average Bonchev–Trinajstić information content (AvgIpc) is 2.71. The number of aromatic nitrogens is 1. The van der Waals surface area contributed by atoms with E-state index < -0.39 is 0 Å². The van der Waals surface area contributed by atoms with Crippen molar-refractivity contribution in [1.82, 2.24) is 4.98 Å². The highest BCUT2D eigenvalue weighted by atomic mass is 32.1. The van der Waals surface area contributed by atoms with Gasteiger partial charge in [0.2, 0.25) is 0 Å². The number of hydrogen-bond acceptors (Lipinski definition) is 4. The standard InChI is InChI=1S/C9H12N2OS/c1-7-8(6-12)13-9(10-7)11-4-2-3-5-11/h6H,2-5H2,1H3. The van der Waals surface area contributed by atoms with E-state index in [-0.39, 0.29) is 0 Å². The maximum Gasteiger partial charge on any atom is 0.186 e. The first-order valence-electron chi connectivity index (χ1n) is 4.49. The van der Waals surface area contributed by atoms with Gasteiger partial charge < -0.3 is 4.90 Å². The summed E-state index contributed by atoms with van der Waals surface area (Å²) >= 11 is 1.50. The molecule has 0 bridgehead atoms. The highest BCUT2D eigenvalue weighted by Gasteiger charge is 2.16. The number of carbonyl (C=O) groups is 1. The van der Waals surface area contributed by atoms with Crippen molar-refractivity contribution in [2.24, 2.45) is 0 Å². The molecule has 0 amide bonds. The number of aryl methyl sites for hydroxylation is 1. The first kappa shape index (κ1) is 8.69. The van der Waals surface area contributed by atoms with E-state index in [0.717, 1.165) is 35.1 Å². The summed E-state index contributed by atoms with van der Waals surface area (Å²) in [6.07, 6.45) is 3.39. The van der Waals surface area contributed by atoms with Gasteiger partial charge in [0.1, 0.15) is 0 Å². The normalized spacial score (nSPS) is 16.5. The van der Waals surface area contributed by atoms with Gasteiger partial charge in [0, 0.05) is 13.1 Å². The summed E-state index contributed by atoms with van der Waals surface area (Å²) < 4.78 is 0. The van der Waals surface area contributed by atoms with Crippen molar-refractivity contribution < 1.29 is 4.79 Å². The summed E-state index contributed by atoms with van der Waals surface area (Å²) in [6.45, 7) is 4.07. The summed E-state index contributed by atoms with van der Waals surface area (Å²) in [7, 11) is 0. The van der Waals surface area contributed by atoms with Gasteiger partial charge in [-0.25, -0.2) is 4.98 Å². The van der Waals surface area contributed by atoms with Gasteiger partial charge in [0.15, 0.2) is 11.4 Å². The Balaban J connectivity index is 2.24. The van der Waals surface area contributed by atoms with Crippen molar-refractivity contribution in [3.8, 4) is 0 Å². The summed E-state index contributed by atoms with van der Waals surface area (Å²) in [4.78, 5) is 18.0. The zero-order valence-corrected chi connectivity index (χ0v) is 8.43. The zero-order chi connectivity index (χ0) is 9.26. The molecule has 70 valence electrons. The van der Waals surface area contributed by atoms with E-state index in [0.29, 0.717) is 0 Å². The molecule has 0 aromatic carbocycles. The fraction of sp³-hybridized carbons (Fsp3) is 0.556. The molecule has 1 aliphatic heterocycles. The molecule has 1 aliphatic rings. The molecular formula is C9H12N2OS. The topological polar surface area (TPSA) is 33.2 Å². The Labute approximate surface area is 81.4 Å². The van der Waals surface area contributed by atoms with E-state index in [1.54, 1.807) is 0 Å². The van der Waals surface area contributed by atoms with Crippen LogP contribution in [-0.4, -0.2) is 24.4 Å². The van der Waals surface area contributed by atoms with E-state index in [1.165, 1.54) is 24.2 Å². The third kappa shape index (κ3) is 1.58. The lowest BCUT2D eigenvalue weighted by molar-refractivity contribution is 0.112. The molecule has 1 aromatic heterocycles. The number of aldehydes is 1. The third-order valence-corrected chi connectivity index (χ3v) is 3.45. The van der Waals surface area contributed by atoms with E-state index in [9.17, 15) is 4.79 Å². The fourth-order valence-corrected chi connectivity index (χ4v) is 2.48. The van der Waals surface area contributed by atoms with Gasteiger partial charge >= 0.3 is 0 Å². The monoisotopic (exact) mass is 196 g/mol. The lowest BCUT2D eigenvalue weighted by atomic mass is 10.4. The van der Waals surface area contributed by atoms with E-state index in [4.69, 9.17) is 0 Å². The second kappa shape index (κ2) is 3.46. The maximum atomic E-state index is 10.6. The summed E-state index contributed by atoms with van der Waals surface area (Å²) in [5.41, 5.74) is 0.863. The molecule has 0 spiro atoms. The van der Waals surface area contributed by atoms with Crippen LogP contribution in [0.1, 0.15) is 28.2 Å². The molecule has 1 saturated heterocycles. The molecule has 4 heteroatoms. The zero-order valence-electron chi connectivity index (χ0n) is 7.62. The van der Waals surface area contributed by atoms with Crippen LogP contribution in [0.4, 0.5) is 5.13 Å². The van der Waals surface area contributed by atoms with Crippen LogP contribution in [0.5, 0.6) is 0 Å². The van der Waals surface area contributed by atoms with Crippen LogP contribution in [-0.2, 0) is 0 Å². The first-order valence-corrected chi connectivity index (χ1v) is 5.30. The number of carbonyl (C=O) groups excluding carboxylic acids is 1. The largest absolute Gasteiger partial charge is 0.348 e. The molecule has 0 saturated carbocycles. The predicted molar refractivity (Wildman–Crippen MR) is 53.7 cm³/mol. The van der Waals surface area contributed by atoms with Crippen LogP contribution in [0.15, 0.2) is 0 Å². The molecule has 0 unspecified atom stereocenters. The minimum Gasteiger partial charge on any atom is -0.348 e. The maximum absolute atomic E-state index is 10.6. The van der Waals surface area contributed by atoms with Gasteiger partial charge in [-0.05, 0) is 19.8 Å². The van der Waals surface area contributed by atoms with Crippen LogP contribution in [0, 0.1) is 6.92 Å². The number of anilines is 1. The lowest BCUT2D eigenvalue weighted by Gasteiger charge is -2.11. The summed E-state index contributed by atoms with van der Waals surface area (Å²) in [6, 6.07) is 0. The number of rotatable bonds is 2. The molecule has 2 heterocycles. The molecule has 0 atom stereocenters. The van der Waals surface area contributed by atoms with Crippen LogP contribution in [0.2, 0.25) is 0 Å². The molecule has 13 heavy (non-hydrogen) atoms. The summed E-state index contributed by atoms with van der Waals surface area (Å²) in [5.74, 6) is 0. The molecule has 1 fully saturated rings. The third-order valence-electron chi connectivity index (χ3n) is 2.30. The van der Waals surface area contributed by atoms with Crippen LogP contribution in [0.3, 0.4) is 0 Å². The Morgan fingerprint density at radius 3 is 2.69 bits per heavy atom. The lowest BCUT2D eigenvalue weighted by Crippen LogP contribution is -2.17. The van der Waals surface area contributed by atoms with Crippen LogP contribution in [0.25, 0.3) is 0 Å². The highest BCUT2D eigenvalue weighted by molar-refractivity contribution is 7.17. The molecule has 2 rings (SSSR count). The Morgan fingerprint density at radius 2 is 2.15 bits per heavy atom. The average molecular weight is 196 g/mol. The van der Waals surface area contributed by atoms with Crippen molar-refractivity contribution in [2.45, 2.75) is 19.8 Å². The second-order valence-corrected chi connectivity index (χ2v) is 4.27. The Bertz CT molecular complexity index is 315. The molecule has 0 aliphatic carbocycles. The molecule has 1 aromatic rings. The number of nitrogens with zero attached hydrogens (tertiary/aromatic N) is 2. The summed E-state index contributed by atoms with van der Waals surface area (Å²) in [5, 5.41) is 1.01. The Kier molecular flexibility index (Phi) is 2.31. The highest BCUT2D eigenvalue weighted by Crippen LogP contribution is 2.27. The molecular weight excluding hydrogens is 184 g/mol. The predicted octanol–water partition coefficient (Wildman–Crippen LogP) is 1.86.